The fraction of sp³-hybridized carbons (Fsp3) is 0.571. The van der Waals surface area contributed by atoms with E-state index in [1.54, 1.807) is 12.1 Å². The van der Waals surface area contributed by atoms with Gasteiger partial charge < -0.3 is 5.73 Å². The van der Waals surface area contributed by atoms with E-state index in [1.807, 2.05) is 6.07 Å². The Bertz CT molecular complexity index is 367. The maximum atomic E-state index is 13.1. The fourth-order valence-corrected chi connectivity index (χ4v) is 2.67. The van der Waals surface area contributed by atoms with Crippen molar-refractivity contribution in [2.45, 2.75) is 32.4 Å². The Balaban J connectivity index is 1.98. The van der Waals surface area contributed by atoms with Crippen LogP contribution < -0.4 is 5.73 Å². The van der Waals surface area contributed by atoms with Gasteiger partial charge in [0.15, 0.2) is 0 Å². The van der Waals surface area contributed by atoms with E-state index in [1.165, 1.54) is 12.5 Å². The minimum atomic E-state index is -0.157. The van der Waals surface area contributed by atoms with E-state index in [-0.39, 0.29) is 11.9 Å². The molecule has 0 aliphatic carbocycles. The van der Waals surface area contributed by atoms with E-state index in [4.69, 9.17) is 5.73 Å². The lowest BCUT2D eigenvalue weighted by atomic mass is 9.92. The minimum absolute atomic E-state index is 0.157. The van der Waals surface area contributed by atoms with E-state index in [0.29, 0.717) is 5.92 Å². The van der Waals surface area contributed by atoms with Crippen molar-refractivity contribution in [3.63, 3.8) is 0 Å². The van der Waals surface area contributed by atoms with Crippen LogP contribution in [0.25, 0.3) is 0 Å². The number of rotatable bonds is 3. The van der Waals surface area contributed by atoms with Gasteiger partial charge in [-0.2, -0.15) is 0 Å². The number of piperidine rings is 1. The topological polar surface area (TPSA) is 29.3 Å². The first-order chi connectivity index (χ1) is 8.17. The average Bonchev–Trinajstić information content (AvgIpc) is 2.28. The Morgan fingerprint density at radius 1 is 1.41 bits per heavy atom. The summed E-state index contributed by atoms with van der Waals surface area (Å²) in [5, 5.41) is 0. The third kappa shape index (κ3) is 3.51. The van der Waals surface area contributed by atoms with Crippen molar-refractivity contribution in [2.24, 2.45) is 11.7 Å². The van der Waals surface area contributed by atoms with Crippen LogP contribution in [0.2, 0.25) is 0 Å². The van der Waals surface area contributed by atoms with Crippen LogP contribution in [-0.2, 0) is 6.54 Å². The van der Waals surface area contributed by atoms with Gasteiger partial charge in [-0.15, -0.1) is 0 Å². The molecule has 0 aromatic heterocycles. The number of halogens is 1. The number of likely N-dealkylation sites (tertiary alicyclic amines) is 1. The molecule has 94 valence electrons. The van der Waals surface area contributed by atoms with Crippen LogP contribution in [0.3, 0.4) is 0 Å². The lowest BCUT2D eigenvalue weighted by Crippen LogP contribution is -2.46. The molecule has 2 nitrogen and oxygen atoms in total. The van der Waals surface area contributed by atoms with E-state index < -0.39 is 0 Å². The molecule has 1 aromatic carbocycles. The third-order valence-electron chi connectivity index (χ3n) is 3.52. The summed E-state index contributed by atoms with van der Waals surface area (Å²) >= 11 is 0. The molecule has 2 atom stereocenters. The molecule has 1 aliphatic rings. The largest absolute Gasteiger partial charge is 0.327 e. The second kappa shape index (κ2) is 5.61. The highest BCUT2D eigenvalue weighted by molar-refractivity contribution is 5.16. The molecule has 0 radical (unpaired) electrons. The smallest absolute Gasteiger partial charge is 0.123 e. The van der Waals surface area contributed by atoms with Crippen LogP contribution in [0.5, 0.6) is 0 Å². The second-order valence-corrected chi connectivity index (χ2v) is 5.09. The Kier molecular flexibility index (Phi) is 4.13. The maximum absolute atomic E-state index is 13.1. The normalized spacial score (nSPS) is 26.1. The molecule has 2 rings (SSSR count). The van der Waals surface area contributed by atoms with Crippen molar-refractivity contribution in [1.82, 2.24) is 4.90 Å². The molecular formula is C14H21FN2. The third-order valence-corrected chi connectivity index (χ3v) is 3.52. The average molecular weight is 236 g/mol. The summed E-state index contributed by atoms with van der Waals surface area (Å²) in [5.74, 6) is 0.531. The van der Waals surface area contributed by atoms with Gasteiger partial charge in [0, 0.05) is 25.7 Å². The quantitative estimate of drug-likeness (QED) is 0.873. The molecule has 3 heteroatoms. The predicted octanol–water partition coefficient (Wildman–Crippen LogP) is 2.38. The van der Waals surface area contributed by atoms with Gasteiger partial charge in [-0.05, 0) is 30.0 Å². The summed E-state index contributed by atoms with van der Waals surface area (Å²) in [6.45, 7) is 5.03. The lowest BCUT2D eigenvalue weighted by molar-refractivity contribution is 0.147. The first-order valence-electron chi connectivity index (χ1n) is 6.39. The van der Waals surface area contributed by atoms with E-state index in [0.717, 1.165) is 31.6 Å². The molecule has 1 aliphatic heterocycles. The molecule has 17 heavy (non-hydrogen) atoms. The number of benzene rings is 1. The molecule has 0 spiro atoms. The van der Waals surface area contributed by atoms with Gasteiger partial charge >= 0.3 is 0 Å². The number of nitrogens with two attached hydrogens (primary N) is 1. The standard InChI is InChI=1S/C14H21FN2/c1-2-11-7-14(16)10-17(8-11)9-12-4-3-5-13(15)6-12/h3-6,11,14H,2,7-10,16H2,1H3. The summed E-state index contributed by atoms with van der Waals surface area (Å²) in [6, 6.07) is 7.11. The van der Waals surface area contributed by atoms with Crippen LogP contribution in [0, 0.1) is 11.7 Å². The number of hydrogen-bond acceptors (Lipinski definition) is 2. The van der Waals surface area contributed by atoms with Gasteiger partial charge in [-0.3, -0.25) is 4.90 Å². The molecule has 0 amide bonds. The highest BCUT2D eigenvalue weighted by atomic mass is 19.1. The van der Waals surface area contributed by atoms with Gasteiger partial charge in [-0.25, -0.2) is 4.39 Å². The summed E-state index contributed by atoms with van der Waals surface area (Å²) in [4.78, 5) is 2.34. The van der Waals surface area contributed by atoms with Crippen molar-refractivity contribution in [1.29, 1.82) is 0 Å². The highest BCUT2D eigenvalue weighted by Gasteiger charge is 2.23. The number of hydrogen-bond donors (Lipinski definition) is 1. The zero-order valence-electron chi connectivity index (χ0n) is 10.4. The van der Waals surface area contributed by atoms with Gasteiger partial charge in [-0.1, -0.05) is 25.5 Å². The van der Waals surface area contributed by atoms with Crippen molar-refractivity contribution >= 4 is 0 Å². The second-order valence-electron chi connectivity index (χ2n) is 5.09. The van der Waals surface area contributed by atoms with Crippen molar-refractivity contribution in [3.05, 3.63) is 35.6 Å². The summed E-state index contributed by atoms with van der Waals surface area (Å²) in [7, 11) is 0. The first-order valence-corrected chi connectivity index (χ1v) is 6.39. The molecule has 1 heterocycles. The lowest BCUT2D eigenvalue weighted by Gasteiger charge is -2.36. The van der Waals surface area contributed by atoms with Gasteiger partial charge in [0.1, 0.15) is 5.82 Å². The van der Waals surface area contributed by atoms with Gasteiger partial charge in [0.05, 0.1) is 0 Å². The Hall–Kier alpha value is -0.930. The first kappa shape index (κ1) is 12.5. The monoisotopic (exact) mass is 236 g/mol. The van der Waals surface area contributed by atoms with Crippen LogP contribution in [0.15, 0.2) is 24.3 Å². The van der Waals surface area contributed by atoms with Crippen LogP contribution in [0.1, 0.15) is 25.3 Å². The molecule has 0 saturated carbocycles. The van der Waals surface area contributed by atoms with Crippen molar-refractivity contribution < 1.29 is 4.39 Å². The fourth-order valence-electron chi connectivity index (χ4n) is 2.67. The molecule has 1 aromatic rings. The van der Waals surface area contributed by atoms with E-state index in [9.17, 15) is 4.39 Å². The Labute approximate surface area is 103 Å². The van der Waals surface area contributed by atoms with E-state index >= 15 is 0 Å². The molecule has 2 N–H and O–H groups in total. The van der Waals surface area contributed by atoms with Crippen LogP contribution >= 0.6 is 0 Å². The molecule has 2 unspecified atom stereocenters. The van der Waals surface area contributed by atoms with Gasteiger partial charge in [0.2, 0.25) is 0 Å². The summed E-state index contributed by atoms with van der Waals surface area (Å²) < 4.78 is 13.1. The minimum Gasteiger partial charge on any atom is -0.327 e. The Morgan fingerprint density at radius 2 is 2.24 bits per heavy atom. The van der Waals surface area contributed by atoms with E-state index in [2.05, 4.69) is 11.8 Å². The molecule has 1 fully saturated rings. The predicted molar refractivity (Wildman–Crippen MR) is 68.1 cm³/mol. The summed E-state index contributed by atoms with van der Waals surface area (Å²) in [6.07, 6.45) is 2.30. The number of nitrogens with zero attached hydrogens (tertiary/aromatic N) is 1. The van der Waals surface area contributed by atoms with Crippen LogP contribution in [-0.4, -0.2) is 24.0 Å². The van der Waals surface area contributed by atoms with Crippen molar-refractivity contribution in [3.8, 4) is 0 Å². The highest BCUT2D eigenvalue weighted by Crippen LogP contribution is 2.20. The maximum Gasteiger partial charge on any atom is 0.123 e. The van der Waals surface area contributed by atoms with Crippen molar-refractivity contribution in [2.75, 3.05) is 13.1 Å². The summed E-state index contributed by atoms with van der Waals surface area (Å²) in [5.41, 5.74) is 7.09. The van der Waals surface area contributed by atoms with Gasteiger partial charge in [0.25, 0.3) is 0 Å². The Morgan fingerprint density at radius 3 is 2.94 bits per heavy atom. The SMILES string of the molecule is CCC1CC(N)CN(Cc2cccc(F)c2)C1. The zero-order valence-corrected chi connectivity index (χ0v) is 10.4. The molecule has 0 bridgehead atoms. The zero-order chi connectivity index (χ0) is 12.3. The molecular weight excluding hydrogens is 215 g/mol. The van der Waals surface area contributed by atoms with Crippen LogP contribution in [0.4, 0.5) is 4.39 Å². The molecule has 1 saturated heterocycles.